The van der Waals surface area contributed by atoms with Gasteiger partial charge < -0.3 is 9.47 Å². The van der Waals surface area contributed by atoms with E-state index in [0.29, 0.717) is 0 Å². The zero-order chi connectivity index (χ0) is 34.1. The van der Waals surface area contributed by atoms with Gasteiger partial charge in [-0.2, -0.15) is 0 Å². The number of anilines is 3. The summed E-state index contributed by atoms with van der Waals surface area (Å²) in [5, 5.41) is 2.27. The van der Waals surface area contributed by atoms with Crippen LogP contribution in [0.2, 0.25) is 0 Å². The number of rotatable bonds is 7. The molecule has 0 bridgehead atoms. The largest absolute Gasteiger partial charge is 0.311 e. The second kappa shape index (κ2) is 13.0. The van der Waals surface area contributed by atoms with Crippen LogP contribution in [0, 0.1) is 5.82 Å². The number of benzene rings is 8. The number of halogens is 1. The van der Waals surface area contributed by atoms with Crippen molar-refractivity contribution in [2.24, 2.45) is 0 Å². The number of nitrogens with zero attached hydrogens (tertiary/aromatic N) is 2. The van der Waals surface area contributed by atoms with Gasteiger partial charge in [-0.1, -0.05) is 127 Å². The predicted octanol–water partition coefficient (Wildman–Crippen LogP) is 13.4. The molecule has 51 heavy (non-hydrogen) atoms. The van der Waals surface area contributed by atoms with Gasteiger partial charge in [0.05, 0.1) is 11.0 Å². The molecule has 8 aromatic carbocycles. The van der Waals surface area contributed by atoms with Gasteiger partial charge in [0.15, 0.2) is 0 Å². The Morgan fingerprint density at radius 1 is 0.333 bits per heavy atom. The molecule has 0 aliphatic heterocycles. The summed E-state index contributed by atoms with van der Waals surface area (Å²) in [6, 6.07) is 69.0. The van der Waals surface area contributed by atoms with Crippen molar-refractivity contribution in [1.82, 2.24) is 4.57 Å². The molecule has 0 aliphatic rings. The smallest absolute Gasteiger partial charge is 0.125 e. The van der Waals surface area contributed by atoms with Crippen LogP contribution in [-0.4, -0.2) is 4.57 Å². The Morgan fingerprint density at radius 3 is 1.33 bits per heavy atom. The van der Waals surface area contributed by atoms with E-state index >= 15 is 0 Å². The topological polar surface area (TPSA) is 8.17 Å². The Hall–Kier alpha value is -6.71. The molecular weight excluding hydrogens is 624 g/mol. The van der Waals surface area contributed by atoms with Gasteiger partial charge in [-0.15, -0.1) is 0 Å². The third-order valence-corrected chi connectivity index (χ3v) is 9.66. The number of hydrogen-bond donors (Lipinski definition) is 0. The third kappa shape index (κ3) is 5.75. The Morgan fingerprint density at radius 2 is 0.784 bits per heavy atom. The predicted molar refractivity (Wildman–Crippen MR) is 212 cm³/mol. The normalized spacial score (nSPS) is 11.2. The highest BCUT2D eigenvalue weighted by Crippen LogP contribution is 2.39. The molecule has 9 aromatic rings. The van der Waals surface area contributed by atoms with Gasteiger partial charge in [-0.3, -0.25) is 0 Å². The third-order valence-electron chi connectivity index (χ3n) is 9.66. The van der Waals surface area contributed by atoms with Crippen molar-refractivity contribution in [3.05, 3.63) is 206 Å². The Balaban J connectivity index is 1.10. The maximum absolute atomic E-state index is 14.3. The first-order chi connectivity index (χ1) is 25.2. The lowest BCUT2D eigenvalue weighted by Gasteiger charge is -2.26. The summed E-state index contributed by atoms with van der Waals surface area (Å²) >= 11 is 0. The molecule has 0 unspecified atom stereocenters. The molecular formula is C48H33FN2. The van der Waals surface area contributed by atoms with Crippen molar-refractivity contribution in [3.63, 3.8) is 0 Å². The molecule has 2 nitrogen and oxygen atoms in total. The average Bonchev–Trinajstić information content (AvgIpc) is 3.53. The quantitative estimate of drug-likeness (QED) is 0.166. The number of hydrogen-bond acceptors (Lipinski definition) is 1. The molecule has 0 N–H and O–H groups in total. The molecule has 0 radical (unpaired) electrons. The lowest BCUT2D eigenvalue weighted by atomic mass is 10.0. The minimum Gasteiger partial charge on any atom is -0.311 e. The van der Waals surface area contributed by atoms with Crippen LogP contribution in [0.4, 0.5) is 21.5 Å². The summed E-state index contributed by atoms with van der Waals surface area (Å²) < 4.78 is 16.5. The highest BCUT2D eigenvalue weighted by atomic mass is 19.1. The first-order valence-corrected chi connectivity index (χ1v) is 17.2. The SMILES string of the molecule is Fc1cccc(-n2c3ccccc3c3cc(-c4ccc(N(c5ccc(-c6ccccc6)cc5)c5ccc(-c6ccccc6)cc5)cc4)ccc32)c1. The Bertz CT molecular complexity index is 2520. The second-order valence-electron chi connectivity index (χ2n) is 12.8. The van der Waals surface area contributed by atoms with E-state index in [0.717, 1.165) is 55.7 Å². The summed E-state index contributed by atoms with van der Waals surface area (Å²) in [5.41, 5.74) is 13.2. The van der Waals surface area contributed by atoms with Crippen molar-refractivity contribution in [2.75, 3.05) is 4.90 Å². The van der Waals surface area contributed by atoms with Crippen molar-refractivity contribution in [3.8, 4) is 39.1 Å². The molecule has 9 rings (SSSR count). The van der Waals surface area contributed by atoms with Crippen LogP contribution in [0.1, 0.15) is 0 Å². The van der Waals surface area contributed by atoms with E-state index in [1.54, 1.807) is 12.1 Å². The molecule has 0 amide bonds. The van der Waals surface area contributed by atoms with Crippen LogP contribution in [0.5, 0.6) is 0 Å². The van der Waals surface area contributed by atoms with E-state index in [2.05, 4.69) is 167 Å². The zero-order valence-corrected chi connectivity index (χ0v) is 27.8. The maximum Gasteiger partial charge on any atom is 0.125 e. The summed E-state index contributed by atoms with van der Waals surface area (Å²) in [7, 11) is 0. The van der Waals surface area contributed by atoms with Crippen LogP contribution in [-0.2, 0) is 0 Å². The minimum atomic E-state index is -0.247. The summed E-state index contributed by atoms with van der Waals surface area (Å²) in [6.07, 6.45) is 0. The van der Waals surface area contributed by atoms with E-state index in [1.165, 1.54) is 28.3 Å². The second-order valence-corrected chi connectivity index (χ2v) is 12.8. The number of fused-ring (bicyclic) bond motifs is 3. The molecule has 0 saturated heterocycles. The molecule has 0 atom stereocenters. The molecule has 0 aliphatic carbocycles. The summed E-state index contributed by atoms with van der Waals surface area (Å²) in [5.74, 6) is -0.247. The fraction of sp³-hybridized carbons (Fsp3) is 0. The van der Waals surface area contributed by atoms with Crippen molar-refractivity contribution in [2.45, 2.75) is 0 Å². The highest BCUT2D eigenvalue weighted by molar-refractivity contribution is 6.10. The zero-order valence-electron chi connectivity index (χ0n) is 27.8. The van der Waals surface area contributed by atoms with Crippen LogP contribution in [0.3, 0.4) is 0 Å². The molecule has 1 heterocycles. The first-order valence-electron chi connectivity index (χ1n) is 17.2. The standard InChI is InChI=1S/C48H33FN2/c49-40-14-9-15-44(33-40)51-47-17-8-7-16-45(47)46-32-39(24-31-48(46)51)38-22-29-43(30-23-38)50(41-25-18-36(19-26-41)34-10-3-1-4-11-34)42-27-20-37(21-28-42)35-12-5-2-6-13-35/h1-33H. The van der Waals surface area contributed by atoms with Crippen LogP contribution >= 0.6 is 0 Å². The van der Waals surface area contributed by atoms with E-state index < -0.39 is 0 Å². The molecule has 242 valence electrons. The van der Waals surface area contributed by atoms with Gasteiger partial charge in [0.1, 0.15) is 5.82 Å². The van der Waals surface area contributed by atoms with Gasteiger partial charge in [0.25, 0.3) is 0 Å². The average molecular weight is 657 g/mol. The van der Waals surface area contributed by atoms with Crippen LogP contribution < -0.4 is 4.90 Å². The van der Waals surface area contributed by atoms with E-state index in [4.69, 9.17) is 0 Å². The van der Waals surface area contributed by atoms with Crippen LogP contribution in [0.25, 0.3) is 60.9 Å². The van der Waals surface area contributed by atoms with E-state index in [1.807, 2.05) is 24.3 Å². The first kappa shape index (κ1) is 30.4. The fourth-order valence-corrected chi connectivity index (χ4v) is 7.16. The monoisotopic (exact) mass is 656 g/mol. The van der Waals surface area contributed by atoms with Gasteiger partial charge in [0.2, 0.25) is 0 Å². The molecule has 0 fully saturated rings. The minimum absolute atomic E-state index is 0.247. The van der Waals surface area contributed by atoms with Crippen molar-refractivity contribution < 1.29 is 4.39 Å². The van der Waals surface area contributed by atoms with Crippen molar-refractivity contribution in [1.29, 1.82) is 0 Å². The number of aromatic nitrogens is 1. The lowest BCUT2D eigenvalue weighted by molar-refractivity contribution is 0.627. The number of para-hydroxylation sites is 1. The fourth-order valence-electron chi connectivity index (χ4n) is 7.16. The van der Waals surface area contributed by atoms with E-state index in [9.17, 15) is 4.39 Å². The molecule has 3 heteroatoms. The molecule has 1 aromatic heterocycles. The van der Waals surface area contributed by atoms with Crippen molar-refractivity contribution >= 4 is 38.9 Å². The molecule has 0 saturated carbocycles. The Kier molecular flexibility index (Phi) is 7.71. The van der Waals surface area contributed by atoms with Crippen LogP contribution in [0.15, 0.2) is 200 Å². The van der Waals surface area contributed by atoms with E-state index in [-0.39, 0.29) is 5.82 Å². The van der Waals surface area contributed by atoms with Gasteiger partial charge in [0, 0.05) is 33.5 Å². The lowest BCUT2D eigenvalue weighted by Crippen LogP contribution is -2.09. The Labute approximate surface area is 296 Å². The van der Waals surface area contributed by atoms with Gasteiger partial charge in [-0.05, 0) is 106 Å². The summed E-state index contributed by atoms with van der Waals surface area (Å²) in [6.45, 7) is 0. The summed E-state index contributed by atoms with van der Waals surface area (Å²) in [4.78, 5) is 2.31. The highest BCUT2D eigenvalue weighted by Gasteiger charge is 2.16. The van der Waals surface area contributed by atoms with Gasteiger partial charge in [-0.25, -0.2) is 4.39 Å². The maximum atomic E-state index is 14.3. The molecule has 0 spiro atoms. The van der Waals surface area contributed by atoms with Gasteiger partial charge >= 0.3 is 0 Å².